The zero-order valence-electron chi connectivity index (χ0n) is 9.62. The molecule has 90 valence electrons. The molecule has 0 rings (SSSR count). The molecule has 15 heavy (non-hydrogen) atoms. The van der Waals surface area contributed by atoms with E-state index in [1.165, 1.54) is 0 Å². The normalized spacial score (nSPS) is 10.6. The first kappa shape index (κ1) is 14.4. The van der Waals surface area contributed by atoms with E-state index in [4.69, 9.17) is 14.6 Å². The maximum Gasteiger partial charge on any atom is 0.321 e. The van der Waals surface area contributed by atoms with E-state index in [1.54, 1.807) is 0 Å². The largest absolute Gasteiger partial charge is 0.397 e. The highest BCUT2D eigenvalue weighted by Gasteiger charge is 2.10. The Balaban J connectivity index is 3.39. The molecule has 0 bridgehead atoms. The van der Waals surface area contributed by atoms with Gasteiger partial charge in [0.15, 0.2) is 0 Å². The fourth-order valence-electron chi connectivity index (χ4n) is 1.23. The van der Waals surface area contributed by atoms with Gasteiger partial charge in [0.25, 0.3) is 0 Å². The monoisotopic (exact) mass is 234 g/mol. The van der Waals surface area contributed by atoms with E-state index in [0.29, 0.717) is 6.54 Å². The van der Waals surface area contributed by atoms with Gasteiger partial charge in [-0.2, -0.15) is 0 Å². The van der Waals surface area contributed by atoms with Gasteiger partial charge < -0.3 is 19.9 Å². The minimum absolute atomic E-state index is 0.460. The van der Waals surface area contributed by atoms with Gasteiger partial charge in [0.1, 0.15) is 0 Å². The molecule has 0 spiro atoms. The highest BCUT2D eigenvalue weighted by atomic mass is 28.3. The van der Waals surface area contributed by atoms with Crippen LogP contribution in [0.25, 0.3) is 0 Å². The van der Waals surface area contributed by atoms with Crippen LogP contribution >= 0.6 is 0 Å². The molecule has 0 saturated heterocycles. The SMILES string of the molecule is CCO[SiH](CCCCNC(N)=O)OCC. The van der Waals surface area contributed by atoms with Crippen molar-refractivity contribution in [3.05, 3.63) is 0 Å². The van der Waals surface area contributed by atoms with E-state index in [0.717, 1.165) is 32.1 Å². The molecule has 0 aromatic rings. The van der Waals surface area contributed by atoms with Crippen LogP contribution in [0.4, 0.5) is 4.79 Å². The van der Waals surface area contributed by atoms with Crippen molar-refractivity contribution in [3.8, 4) is 0 Å². The predicted molar refractivity (Wildman–Crippen MR) is 62.0 cm³/mol. The summed E-state index contributed by atoms with van der Waals surface area (Å²) >= 11 is 0. The van der Waals surface area contributed by atoms with Crippen LogP contribution in [0.5, 0.6) is 0 Å². The number of nitrogens with two attached hydrogens (primary N) is 1. The first-order valence-corrected chi connectivity index (χ1v) is 7.23. The van der Waals surface area contributed by atoms with E-state index >= 15 is 0 Å². The van der Waals surface area contributed by atoms with Gasteiger partial charge in [0, 0.05) is 19.8 Å². The summed E-state index contributed by atoms with van der Waals surface area (Å²) in [5.74, 6) is 0. The molecule has 0 fully saturated rings. The summed E-state index contributed by atoms with van der Waals surface area (Å²) < 4.78 is 11.0. The number of hydrogen-bond acceptors (Lipinski definition) is 3. The molecule has 0 aliphatic rings. The van der Waals surface area contributed by atoms with Crippen LogP contribution in [0.15, 0.2) is 0 Å². The third kappa shape index (κ3) is 9.71. The zero-order chi connectivity index (χ0) is 11.5. The second-order valence-corrected chi connectivity index (χ2v) is 5.23. The van der Waals surface area contributed by atoms with Crippen LogP contribution < -0.4 is 11.1 Å². The maximum atomic E-state index is 10.4. The first-order valence-electron chi connectivity index (χ1n) is 5.47. The molecule has 2 amide bonds. The molecule has 0 unspecified atom stereocenters. The second-order valence-electron chi connectivity index (χ2n) is 3.13. The summed E-state index contributed by atoms with van der Waals surface area (Å²) in [6.07, 6.45) is 1.93. The third-order valence-corrected chi connectivity index (χ3v) is 4.16. The van der Waals surface area contributed by atoms with Crippen molar-refractivity contribution in [2.75, 3.05) is 19.8 Å². The summed E-state index contributed by atoms with van der Waals surface area (Å²) in [5.41, 5.74) is 4.94. The Morgan fingerprint density at radius 3 is 2.33 bits per heavy atom. The molecule has 3 N–H and O–H groups in total. The van der Waals surface area contributed by atoms with Crippen molar-refractivity contribution in [3.63, 3.8) is 0 Å². The Morgan fingerprint density at radius 2 is 1.87 bits per heavy atom. The van der Waals surface area contributed by atoms with Gasteiger partial charge in [0.2, 0.25) is 0 Å². The first-order chi connectivity index (χ1) is 7.20. The van der Waals surface area contributed by atoms with Crippen molar-refractivity contribution in [1.82, 2.24) is 5.32 Å². The molecule has 0 aromatic heterocycles. The van der Waals surface area contributed by atoms with E-state index in [2.05, 4.69) is 5.32 Å². The van der Waals surface area contributed by atoms with E-state index < -0.39 is 15.3 Å². The number of rotatable bonds is 9. The Labute approximate surface area is 93.2 Å². The van der Waals surface area contributed by atoms with Gasteiger partial charge in [-0.3, -0.25) is 0 Å². The summed E-state index contributed by atoms with van der Waals surface area (Å²) in [5, 5.41) is 2.56. The van der Waals surface area contributed by atoms with Crippen molar-refractivity contribution >= 4 is 15.3 Å². The number of carbonyl (C=O) groups excluding carboxylic acids is 1. The summed E-state index contributed by atoms with van der Waals surface area (Å²) in [7, 11) is -1.44. The van der Waals surface area contributed by atoms with Crippen LogP contribution in [0.3, 0.4) is 0 Å². The van der Waals surface area contributed by atoms with E-state index in [9.17, 15) is 4.79 Å². The van der Waals surface area contributed by atoms with Crippen LogP contribution in [0.2, 0.25) is 6.04 Å². The minimum Gasteiger partial charge on any atom is -0.397 e. The molecule has 0 atom stereocenters. The minimum atomic E-state index is -1.44. The van der Waals surface area contributed by atoms with Crippen LogP contribution in [0.1, 0.15) is 26.7 Å². The van der Waals surface area contributed by atoms with E-state index in [-0.39, 0.29) is 0 Å². The van der Waals surface area contributed by atoms with Gasteiger partial charge in [0.05, 0.1) is 0 Å². The second kappa shape index (κ2) is 9.94. The van der Waals surface area contributed by atoms with Crippen LogP contribution in [-0.2, 0) is 8.85 Å². The topological polar surface area (TPSA) is 73.6 Å². The Morgan fingerprint density at radius 1 is 1.27 bits per heavy atom. The van der Waals surface area contributed by atoms with E-state index in [1.807, 2.05) is 13.8 Å². The van der Waals surface area contributed by atoms with Gasteiger partial charge in [-0.25, -0.2) is 4.79 Å². The molecule has 0 heterocycles. The number of hydrogen-bond donors (Lipinski definition) is 2. The zero-order valence-corrected chi connectivity index (χ0v) is 10.8. The summed E-state index contributed by atoms with van der Waals surface area (Å²) in [6.45, 7) is 6.03. The van der Waals surface area contributed by atoms with Crippen LogP contribution in [0, 0.1) is 0 Å². The molecule has 0 saturated carbocycles. The lowest BCUT2D eigenvalue weighted by Crippen LogP contribution is -2.30. The average Bonchev–Trinajstić information content (AvgIpc) is 2.17. The van der Waals surface area contributed by atoms with Gasteiger partial charge in [-0.15, -0.1) is 0 Å². The molecular formula is C9H22N2O3Si. The number of primary amides is 1. The average molecular weight is 234 g/mol. The fourth-order valence-corrected chi connectivity index (χ4v) is 3.03. The molecular weight excluding hydrogens is 212 g/mol. The number of amides is 2. The van der Waals surface area contributed by atoms with Crippen molar-refractivity contribution < 1.29 is 13.6 Å². The van der Waals surface area contributed by atoms with Crippen molar-refractivity contribution in [2.45, 2.75) is 32.7 Å². The summed E-state index contributed by atoms with van der Waals surface area (Å²) in [4.78, 5) is 10.4. The molecule has 0 radical (unpaired) electrons. The Kier molecular flexibility index (Phi) is 9.55. The van der Waals surface area contributed by atoms with Crippen LogP contribution in [-0.4, -0.2) is 35.1 Å². The standard InChI is InChI=1S/C9H22N2O3Si/c1-3-13-15(14-4-2)8-6-5-7-11-9(10)12/h15H,3-8H2,1-2H3,(H3,10,11,12). The molecule has 0 aliphatic heterocycles. The molecule has 5 nitrogen and oxygen atoms in total. The van der Waals surface area contributed by atoms with Gasteiger partial charge in [-0.05, 0) is 32.7 Å². The third-order valence-electron chi connectivity index (χ3n) is 1.87. The Hall–Kier alpha value is -0.593. The number of nitrogens with one attached hydrogen (secondary N) is 1. The highest BCUT2D eigenvalue weighted by Crippen LogP contribution is 2.03. The summed E-state index contributed by atoms with van der Waals surface area (Å²) in [6, 6.07) is 0.528. The maximum absolute atomic E-state index is 10.4. The Bertz CT molecular complexity index is 163. The predicted octanol–water partition coefficient (Wildman–Crippen LogP) is 0.728. The molecule has 6 heteroatoms. The smallest absolute Gasteiger partial charge is 0.321 e. The lowest BCUT2D eigenvalue weighted by molar-refractivity contribution is 0.212. The fraction of sp³-hybridized carbons (Fsp3) is 0.889. The molecule has 0 aromatic carbocycles. The van der Waals surface area contributed by atoms with Gasteiger partial charge in [-0.1, -0.05) is 0 Å². The van der Waals surface area contributed by atoms with Crippen molar-refractivity contribution in [2.24, 2.45) is 5.73 Å². The number of urea groups is 1. The highest BCUT2D eigenvalue weighted by molar-refractivity contribution is 6.44. The van der Waals surface area contributed by atoms with Gasteiger partial charge >= 0.3 is 15.3 Å². The van der Waals surface area contributed by atoms with Crippen molar-refractivity contribution in [1.29, 1.82) is 0 Å². The number of unbranched alkanes of at least 4 members (excludes halogenated alkanes) is 1. The molecule has 0 aliphatic carbocycles. The lowest BCUT2D eigenvalue weighted by atomic mass is 10.3. The number of carbonyl (C=O) groups is 1. The quantitative estimate of drug-likeness (QED) is 0.456. The lowest BCUT2D eigenvalue weighted by Gasteiger charge is -2.14.